The summed E-state index contributed by atoms with van der Waals surface area (Å²) >= 11 is 0. The van der Waals surface area contributed by atoms with Gasteiger partial charge in [0.25, 0.3) is 11.8 Å². The number of rotatable bonds is 9. The first-order chi connectivity index (χ1) is 18.0. The van der Waals surface area contributed by atoms with Gasteiger partial charge in [0.1, 0.15) is 0 Å². The first-order valence-electron chi connectivity index (χ1n) is 12.9. The van der Waals surface area contributed by atoms with Crippen molar-refractivity contribution in [2.24, 2.45) is 0 Å². The molecule has 0 spiro atoms. The van der Waals surface area contributed by atoms with Crippen LogP contribution in [0.3, 0.4) is 0 Å². The van der Waals surface area contributed by atoms with E-state index in [0.29, 0.717) is 23.4 Å². The van der Waals surface area contributed by atoms with Crippen molar-refractivity contribution >= 4 is 34.8 Å². The highest BCUT2D eigenvalue weighted by molar-refractivity contribution is 6.06. The van der Waals surface area contributed by atoms with E-state index >= 15 is 0 Å². The summed E-state index contributed by atoms with van der Waals surface area (Å²) in [5, 5.41) is 9.02. The molecule has 0 aliphatic heterocycles. The van der Waals surface area contributed by atoms with Gasteiger partial charge in [0.15, 0.2) is 0 Å². The lowest BCUT2D eigenvalue weighted by molar-refractivity contribution is -0.114. The van der Waals surface area contributed by atoms with E-state index in [-0.39, 0.29) is 30.3 Å². The maximum absolute atomic E-state index is 12.9. The molecule has 37 heavy (non-hydrogen) atoms. The molecule has 7 nitrogen and oxygen atoms in total. The summed E-state index contributed by atoms with van der Waals surface area (Å²) in [6.45, 7) is 2.58. The van der Waals surface area contributed by atoms with Crippen molar-refractivity contribution in [2.45, 2.75) is 45.1 Å². The van der Waals surface area contributed by atoms with Crippen molar-refractivity contribution < 1.29 is 14.4 Å². The molecule has 0 radical (unpaired) electrons. The van der Waals surface area contributed by atoms with Crippen molar-refractivity contribution in [3.8, 4) is 0 Å². The molecule has 0 aromatic heterocycles. The van der Waals surface area contributed by atoms with E-state index in [1.807, 2.05) is 37.3 Å². The Morgan fingerprint density at radius 2 is 1.41 bits per heavy atom. The summed E-state index contributed by atoms with van der Waals surface area (Å²) in [5.41, 5.74) is 3.39. The Labute approximate surface area is 218 Å². The minimum Gasteiger partial charge on any atom is -0.376 e. The Morgan fingerprint density at radius 3 is 2.05 bits per heavy atom. The number of hydrogen-bond acceptors (Lipinski definition) is 4. The largest absolute Gasteiger partial charge is 0.376 e. The molecule has 3 N–H and O–H groups in total. The summed E-state index contributed by atoms with van der Waals surface area (Å²) in [5.74, 6) is -0.353. The van der Waals surface area contributed by atoms with Crippen LogP contribution in [-0.2, 0) is 4.79 Å². The first kappa shape index (κ1) is 25.9. The monoisotopic (exact) mass is 498 g/mol. The van der Waals surface area contributed by atoms with Crippen LogP contribution in [0.4, 0.5) is 17.1 Å². The van der Waals surface area contributed by atoms with Crippen LogP contribution in [0.2, 0.25) is 0 Å². The van der Waals surface area contributed by atoms with Crippen LogP contribution in [0.1, 0.15) is 59.7 Å². The van der Waals surface area contributed by atoms with Crippen molar-refractivity contribution in [3.63, 3.8) is 0 Å². The van der Waals surface area contributed by atoms with Crippen LogP contribution < -0.4 is 20.9 Å². The SMILES string of the molecule is CCN(C(=O)c1ccc(NCC(=O)Nc2ccc(C(=O)NC3CCCCC3)cc2)cc1)c1ccccc1. The van der Waals surface area contributed by atoms with Gasteiger partial charge in [-0.1, -0.05) is 37.5 Å². The predicted molar refractivity (Wildman–Crippen MR) is 148 cm³/mol. The quantitative estimate of drug-likeness (QED) is 0.365. The zero-order valence-electron chi connectivity index (χ0n) is 21.2. The smallest absolute Gasteiger partial charge is 0.258 e. The summed E-state index contributed by atoms with van der Waals surface area (Å²) in [7, 11) is 0. The van der Waals surface area contributed by atoms with Gasteiger partial charge in [-0.05, 0) is 80.4 Å². The van der Waals surface area contributed by atoms with Gasteiger partial charge >= 0.3 is 0 Å². The standard InChI is InChI=1S/C30H34N4O3/c1-2-34(27-11-7-4-8-12-27)30(37)23-15-17-24(18-16-23)31-21-28(35)32-26-19-13-22(14-20-26)29(36)33-25-9-5-3-6-10-25/h4,7-8,11-20,25,31H,2-3,5-6,9-10,21H2,1H3,(H,32,35)(H,33,36). The van der Waals surface area contributed by atoms with Gasteiger partial charge in [-0.3, -0.25) is 14.4 Å². The highest BCUT2D eigenvalue weighted by atomic mass is 16.2. The number of hydrogen-bond donors (Lipinski definition) is 3. The lowest BCUT2D eigenvalue weighted by Crippen LogP contribution is -2.36. The Hall–Kier alpha value is -4.13. The zero-order valence-corrected chi connectivity index (χ0v) is 21.2. The Bertz CT molecular complexity index is 1190. The van der Waals surface area contributed by atoms with Gasteiger partial charge in [0.2, 0.25) is 5.91 Å². The van der Waals surface area contributed by atoms with E-state index in [1.165, 1.54) is 6.42 Å². The number of nitrogens with zero attached hydrogens (tertiary/aromatic N) is 1. The van der Waals surface area contributed by atoms with Gasteiger partial charge in [0, 0.05) is 40.8 Å². The van der Waals surface area contributed by atoms with Crippen molar-refractivity contribution in [3.05, 3.63) is 90.0 Å². The number of carbonyl (C=O) groups excluding carboxylic acids is 3. The van der Waals surface area contributed by atoms with E-state index in [4.69, 9.17) is 0 Å². The molecule has 0 atom stereocenters. The fourth-order valence-corrected chi connectivity index (χ4v) is 4.55. The number of amides is 3. The predicted octanol–water partition coefficient (Wildman–Crippen LogP) is 5.47. The molecular weight excluding hydrogens is 464 g/mol. The molecule has 3 aromatic carbocycles. The van der Waals surface area contributed by atoms with Crippen LogP contribution in [0.15, 0.2) is 78.9 Å². The van der Waals surface area contributed by atoms with Crippen molar-refractivity contribution in [2.75, 3.05) is 28.6 Å². The van der Waals surface area contributed by atoms with Crippen LogP contribution in [0.5, 0.6) is 0 Å². The third-order valence-electron chi connectivity index (χ3n) is 6.59. The van der Waals surface area contributed by atoms with E-state index in [0.717, 1.165) is 37.1 Å². The van der Waals surface area contributed by atoms with Crippen LogP contribution in [-0.4, -0.2) is 36.9 Å². The molecule has 1 fully saturated rings. The second-order valence-corrected chi connectivity index (χ2v) is 9.25. The number of benzene rings is 3. The molecule has 0 saturated heterocycles. The van der Waals surface area contributed by atoms with Gasteiger partial charge in [0.05, 0.1) is 6.54 Å². The van der Waals surface area contributed by atoms with Crippen LogP contribution >= 0.6 is 0 Å². The van der Waals surface area contributed by atoms with Gasteiger partial charge < -0.3 is 20.9 Å². The Morgan fingerprint density at radius 1 is 0.784 bits per heavy atom. The molecule has 1 saturated carbocycles. The van der Waals surface area contributed by atoms with E-state index in [1.54, 1.807) is 53.4 Å². The molecule has 192 valence electrons. The second-order valence-electron chi connectivity index (χ2n) is 9.25. The Balaban J connectivity index is 1.25. The molecule has 0 heterocycles. The molecule has 7 heteroatoms. The fraction of sp³-hybridized carbons (Fsp3) is 0.300. The second kappa shape index (κ2) is 12.7. The molecule has 1 aliphatic carbocycles. The first-order valence-corrected chi connectivity index (χ1v) is 12.9. The van der Waals surface area contributed by atoms with Gasteiger partial charge in [-0.25, -0.2) is 0 Å². The number of carbonyl (C=O) groups is 3. The molecule has 3 aromatic rings. The number of anilines is 3. The minimum absolute atomic E-state index is 0.0702. The number of para-hydroxylation sites is 1. The van der Waals surface area contributed by atoms with E-state index < -0.39 is 0 Å². The minimum atomic E-state index is -0.208. The molecule has 4 rings (SSSR count). The lowest BCUT2D eigenvalue weighted by Gasteiger charge is -2.22. The number of nitrogens with one attached hydrogen (secondary N) is 3. The normalized spacial score (nSPS) is 13.4. The zero-order chi connectivity index (χ0) is 26.0. The molecular formula is C30H34N4O3. The summed E-state index contributed by atoms with van der Waals surface area (Å²) in [6.07, 6.45) is 5.65. The summed E-state index contributed by atoms with van der Waals surface area (Å²) < 4.78 is 0. The topological polar surface area (TPSA) is 90.5 Å². The third kappa shape index (κ3) is 7.19. The molecule has 0 unspecified atom stereocenters. The lowest BCUT2D eigenvalue weighted by atomic mass is 9.95. The average molecular weight is 499 g/mol. The maximum atomic E-state index is 12.9. The van der Waals surface area contributed by atoms with Crippen LogP contribution in [0.25, 0.3) is 0 Å². The summed E-state index contributed by atoms with van der Waals surface area (Å²) in [6, 6.07) is 23.8. The fourth-order valence-electron chi connectivity index (χ4n) is 4.55. The van der Waals surface area contributed by atoms with Gasteiger partial charge in [-0.2, -0.15) is 0 Å². The highest BCUT2D eigenvalue weighted by Crippen LogP contribution is 2.19. The molecule has 3 amide bonds. The highest BCUT2D eigenvalue weighted by Gasteiger charge is 2.17. The molecule has 0 bridgehead atoms. The summed E-state index contributed by atoms with van der Waals surface area (Å²) in [4.78, 5) is 39.5. The van der Waals surface area contributed by atoms with Crippen LogP contribution in [0, 0.1) is 0 Å². The Kier molecular flexibility index (Phi) is 8.92. The van der Waals surface area contributed by atoms with E-state index in [2.05, 4.69) is 16.0 Å². The van der Waals surface area contributed by atoms with E-state index in [9.17, 15) is 14.4 Å². The van der Waals surface area contributed by atoms with Crippen molar-refractivity contribution in [1.29, 1.82) is 0 Å². The maximum Gasteiger partial charge on any atom is 0.258 e. The van der Waals surface area contributed by atoms with Gasteiger partial charge in [-0.15, -0.1) is 0 Å². The third-order valence-corrected chi connectivity index (χ3v) is 6.59. The molecule has 1 aliphatic rings. The average Bonchev–Trinajstić information content (AvgIpc) is 2.94. The van der Waals surface area contributed by atoms with Crippen molar-refractivity contribution in [1.82, 2.24) is 5.32 Å².